The molecule has 0 saturated heterocycles. The lowest BCUT2D eigenvalue weighted by Gasteiger charge is -2.17. The van der Waals surface area contributed by atoms with E-state index in [-0.39, 0.29) is 0 Å². The van der Waals surface area contributed by atoms with Gasteiger partial charge in [-0.25, -0.2) is 0 Å². The van der Waals surface area contributed by atoms with Gasteiger partial charge in [0.2, 0.25) is 12.2 Å². The van der Waals surface area contributed by atoms with Gasteiger partial charge in [0.05, 0.1) is 5.60 Å². The quantitative estimate of drug-likeness (QED) is 0.812. The van der Waals surface area contributed by atoms with Gasteiger partial charge in [0, 0.05) is 5.56 Å². The molecule has 2 aromatic rings. The third-order valence-electron chi connectivity index (χ3n) is 2.21. The standard InChI is InChI=1S/C11H12N2O2/c1-11(2,14)9-5-3-8(4-6-9)10-12-7-15-13-10/h3-7,14H,1-2H3. The van der Waals surface area contributed by atoms with Gasteiger partial charge in [0.1, 0.15) is 0 Å². The molecule has 0 unspecified atom stereocenters. The first-order chi connectivity index (χ1) is 7.07. The molecule has 78 valence electrons. The van der Waals surface area contributed by atoms with Crippen LogP contribution in [0.2, 0.25) is 0 Å². The summed E-state index contributed by atoms with van der Waals surface area (Å²) in [5.41, 5.74) is 0.905. The number of benzene rings is 1. The summed E-state index contributed by atoms with van der Waals surface area (Å²) in [6.45, 7) is 3.49. The van der Waals surface area contributed by atoms with Crippen molar-refractivity contribution in [3.05, 3.63) is 36.2 Å². The molecule has 0 radical (unpaired) electrons. The van der Waals surface area contributed by atoms with Gasteiger partial charge in [-0.15, -0.1) is 0 Å². The van der Waals surface area contributed by atoms with Gasteiger partial charge in [-0.1, -0.05) is 29.4 Å². The van der Waals surface area contributed by atoms with Crippen LogP contribution in [0.3, 0.4) is 0 Å². The minimum absolute atomic E-state index is 0.553. The van der Waals surface area contributed by atoms with Gasteiger partial charge in [-0.3, -0.25) is 0 Å². The molecule has 0 atom stereocenters. The summed E-state index contributed by atoms with van der Waals surface area (Å²) in [5, 5.41) is 13.5. The Morgan fingerprint density at radius 2 is 1.87 bits per heavy atom. The summed E-state index contributed by atoms with van der Waals surface area (Å²) >= 11 is 0. The Morgan fingerprint density at radius 1 is 1.20 bits per heavy atom. The van der Waals surface area contributed by atoms with E-state index in [1.807, 2.05) is 24.3 Å². The summed E-state index contributed by atoms with van der Waals surface area (Å²) in [5.74, 6) is 0.553. The fraction of sp³-hybridized carbons (Fsp3) is 0.273. The predicted molar refractivity (Wildman–Crippen MR) is 55.0 cm³/mol. The highest BCUT2D eigenvalue weighted by Crippen LogP contribution is 2.22. The van der Waals surface area contributed by atoms with Crippen molar-refractivity contribution in [3.63, 3.8) is 0 Å². The van der Waals surface area contributed by atoms with Crippen LogP contribution in [0.1, 0.15) is 19.4 Å². The zero-order valence-corrected chi connectivity index (χ0v) is 8.64. The molecule has 1 aromatic heterocycles. The third kappa shape index (κ3) is 2.05. The van der Waals surface area contributed by atoms with E-state index in [1.165, 1.54) is 6.39 Å². The van der Waals surface area contributed by atoms with Crippen molar-refractivity contribution >= 4 is 0 Å². The third-order valence-corrected chi connectivity index (χ3v) is 2.21. The molecule has 0 aliphatic rings. The number of aliphatic hydroxyl groups is 1. The van der Waals surface area contributed by atoms with Crippen molar-refractivity contribution in [2.45, 2.75) is 19.4 Å². The van der Waals surface area contributed by atoms with E-state index >= 15 is 0 Å². The van der Waals surface area contributed by atoms with Crippen molar-refractivity contribution in [2.24, 2.45) is 0 Å². The van der Waals surface area contributed by atoms with E-state index in [1.54, 1.807) is 13.8 Å². The second-order valence-corrected chi connectivity index (χ2v) is 3.89. The van der Waals surface area contributed by atoms with Crippen molar-refractivity contribution in [1.29, 1.82) is 0 Å². The maximum Gasteiger partial charge on any atom is 0.214 e. The van der Waals surface area contributed by atoms with Gasteiger partial charge >= 0.3 is 0 Å². The highest BCUT2D eigenvalue weighted by atomic mass is 16.5. The molecule has 0 amide bonds. The van der Waals surface area contributed by atoms with E-state index in [2.05, 4.69) is 14.7 Å². The fourth-order valence-corrected chi connectivity index (χ4v) is 1.32. The number of rotatable bonds is 2. The highest BCUT2D eigenvalue weighted by Gasteiger charge is 2.15. The first-order valence-electron chi connectivity index (χ1n) is 4.67. The van der Waals surface area contributed by atoms with Crippen LogP contribution in [0.15, 0.2) is 35.2 Å². The van der Waals surface area contributed by atoms with E-state index in [0.717, 1.165) is 11.1 Å². The minimum Gasteiger partial charge on any atom is -0.386 e. The van der Waals surface area contributed by atoms with E-state index in [4.69, 9.17) is 0 Å². The van der Waals surface area contributed by atoms with Crippen LogP contribution in [0.25, 0.3) is 11.4 Å². The average molecular weight is 204 g/mol. The maximum absolute atomic E-state index is 9.76. The van der Waals surface area contributed by atoms with Crippen LogP contribution in [0, 0.1) is 0 Å². The number of aromatic nitrogens is 2. The molecule has 0 saturated carbocycles. The molecule has 2 rings (SSSR count). The SMILES string of the molecule is CC(C)(O)c1ccc(-c2ncon2)cc1. The maximum atomic E-state index is 9.76. The smallest absolute Gasteiger partial charge is 0.214 e. The molecule has 0 aliphatic heterocycles. The molecule has 15 heavy (non-hydrogen) atoms. The Labute approximate surface area is 87.6 Å². The van der Waals surface area contributed by atoms with Crippen molar-refractivity contribution in [1.82, 2.24) is 10.1 Å². The topological polar surface area (TPSA) is 59.2 Å². The number of hydrogen-bond acceptors (Lipinski definition) is 4. The summed E-state index contributed by atoms with van der Waals surface area (Å²) < 4.78 is 4.66. The van der Waals surface area contributed by atoms with Crippen LogP contribution >= 0.6 is 0 Å². The lowest BCUT2D eigenvalue weighted by atomic mass is 9.97. The number of nitrogens with zero attached hydrogens (tertiary/aromatic N) is 2. The van der Waals surface area contributed by atoms with E-state index in [0.29, 0.717) is 5.82 Å². The molecule has 4 heteroatoms. The molecule has 0 bridgehead atoms. The van der Waals surface area contributed by atoms with Gasteiger partial charge in [-0.2, -0.15) is 4.98 Å². The van der Waals surface area contributed by atoms with Crippen LogP contribution in [0.4, 0.5) is 0 Å². The van der Waals surface area contributed by atoms with Gasteiger partial charge < -0.3 is 9.63 Å². The van der Waals surface area contributed by atoms with Gasteiger partial charge in [0.25, 0.3) is 0 Å². The molecule has 0 spiro atoms. The molecule has 0 aliphatic carbocycles. The molecular weight excluding hydrogens is 192 g/mol. The largest absolute Gasteiger partial charge is 0.386 e. The Morgan fingerprint density at radius 3 is 2.33 bits per heavy atom. The molecule has 1 aromatic carbocycles. The zero-order valence-electron chi connectivity index (χ0n) is 8.64. The van der Waals surface area contributed by atoms with Crippen LogP contribution < -0.4 is 0 Å². The second kappa shape index (κ2) is 3.47. The van der Waals surface area contributed by atoms with E-state index < -0.39 is 5.60 Å². The summed E-state index contributed by atoms with van der Waals surface area (Å²) in [6.07, 6.45) is 1.29. The molecule has 1 heterocycles. The molecule has 4 nitrogen and oxygen atoms in total. The normalized spacial score (nSPS) is 11.7. The monoisotopic (exact) mass is 204 g/mol. The molecular formula is C11H12N2O2. The van der Waals surface area contributed by atoms with Crippen molar-refractivity contribution < 1.29 is 9.63 Å². The van der Waals surface area contributed by atoms with Gasteiger partial charge in [-0.05, 0) is 19.4 Å². The van der Waals surface area contributed by atoms with Crippen LogP contribution in [0.5, 0.6) is 0 Å². The van der Waals surface area contributed by atoms with Crippen molar-refractivity contribution in [2.75, 3.05) is 0 Å². The summed E-state index contributed by atoms with van der Waals surface area (Å²) in [7, 11) is 0. The Hall–Kier alpha value is -1.68. The molecule has 1 N–H and O–H groups in total. The second-order valence-electron chi connectivity index (χ2n) is 3.89. The Balaban J connectivity index is 2.33. The Bertz CT molecular complexity index is 427. The van der Waals surface area contributed by atoms with Gasteiger partial charge in [0.15, 0.2) is 0 Å². The lowest BCUT2D eigenvalue weighted by Crippen LogP contribution is -2.14. The summed E-state index contributed by atoms with van der Waals surface area (Å²) in [4.78, 5) is 3.94. The Kier molecular flexibility index (Phi) is 2.28. The first-order valence-corrected chi connectivity index (χ1v) is 4.67. The minimum atomic E-state index is -0.824. The van der Waals surface area contributed by atoms with Crippen LogP contribution in [-0.2, 0) is 5.60 Å². The summed E-state index contributed by atoms with van der Waals surface area (Å²) in [6, 6.07) is 7.42. The predicted octanol–water partition coefficient (Wildman–Crippen LogP) is 1.96. The average Bonchev–Trinajstić information content (AvgIpc) is 2.69. The number of hydrogen-bond donors (Lipinski definition) is 1. The van der Waals surface area contributed by atoms with Crippen molar-refractivity contribution in [3.8, 4) is 11.4 Å². The zero-order chi connectivity index (χ0) is 10.9. The fourth-order valence-electron chi connectivity index (χ4n) is 1.32. The highest BCUT2D eigenvalue weighted by molar-refractivity contribution is 5.54. The van der Waals surface area contributed by atoms with E-state index in [9.17, 15) is 5.11 Å². The lowest BCUT2D eigenvalue weighted by molar-refractivity contribution is 0.0786. The molecule has 0 fully saturated rings. The first kappa shape index (κ1) is 9.86. The van der Waals surface area contributed by atoms with Crippen LogP contribution in [-0.4, -0.2) is 15.2 Å².